The third kappa shape index (κ3) is 1.73. The Labute approximate surface area is 134 Å². The lowest BCUT2D eigenvalue weighted by Crippen LogP contribution is -2.25. The number of rotatable bonds is 1. The molecule has 1 aliphatic carbocycles. The van der Waals surface area contributed by atoms with Crippen molar-refractivity contribution in [3.05, 3.63) is 65.4 Å². The topological polar surface area (TPSA) is 31.2 Å². The number of benzene rings is 2. The predicted molar refractivity (Wildman–Crippen MR) is 89.3 cm³/mol. The van der Waals surface area contributed by atoms with Crippen LogP contribution in [-0.2, 0) is 6.42 Å². The Balaban J connectivity index is 1.86. The zero-order valence-corrected chi connectivity index (χ0v) is 12.8. The van der Waals surface area contributed by atoms with E-state index in [0.29, 0.717) is 13.0 Å². The monoisotopic (exact) mass is 303 g/mol. The van der Waals surface area contributed by atoms with E-state index in [9.17, 15) is 4.79 Å². The quantitative estimate of drug-likeness (QED) is 0.676. The smallest absolute Gasteiger partial charge is 0.165 e. The maximum Gasteiger partial charge on any atom is 0.165 e. The number of nitrogens with zero attached hydrogens (tertiary/aromatic N) is 1. The molecule has 2 heterocycles. The first-order valence-corrected chi connectivity index (χ1v) is 8.21. The number of aromatic nitrogens is 1. The predicted octanol–water partition coefficient (Wildman–Crippen LogP) is 4.14. The van der Waals surface area contributed by atoms with Gasteiger partial charge in [-0.1, -0.05) is 42.5 Å². The molecule has 0 saturated carbocycles. The van der Waals surface area contributed by atoms with Gasteiger partial charge in [-0.25, -0.2) is 0 Å². The molecule has 114 valence electrons. The van der Waals surface area contributed by atoms with Gasteiger partial charge in [-0.05, 0) is 24.5 Å². The minimum atomic E-state index is 0.142. The molecule has 3 nitrogen and oxygen atoms in total. The van der Waals surface area contributed by atoms with E-state index in [-0.39, 0.29) is 11.8 Å². The third-order valence-corrected chi connectivity index (χ3v) is 5.08. The molecule has 1 aromatic heterocycles. The summed E-state index contributed by atoms with van der Waals surface area (Å²) in [5.41, 5.74) is 4.45. The van der Waals surface area contributed by atoms with E-state index in [1.807, 2.05) is 18.2 Å². The fraction of sp³-hybridized carbons (Fsp3) is 0.250. The van der Waals surface area contributed by atoms with E-state index in [2.05, 4.69) is 34.9 Å². The highest BCUT2D eigenvalue weighted by molar-refractivity contribution is 6.11. The van der Waals surface area contributed by atoms with Crippen molar-refractivity contribution in [3.8, 4) is 5.75 Å². The molecule has 1 aliphatic heterocycles. The number of hydrogen-bond donors (Lipinski definition) is 0. The number of ketones is 1. The average Bonchev–Trinajstić information content (AvgIpc) is 2.94. The molecule has 23 heavy (non-hydrogen) atoms. The van der Waals surface area contributed by atoms with Crippen molar-refractivity contribution in [2.75, 3.05) is 6.61 Å². The van der Waals surface area contributed by atoms with E-state index in [4.69, 9.17) is 4.74 Å². The zero-order chi connectivity index (χ0) is 15.4. The highest BCUT2D eigenvalue weighted by atomic mass is 16.5. The summed E-state index contributed by atoms with van der Waals surface area (Å²) in [5, 5.41) is 1.06. The molecule has 0 fully saturated rings. The normalized spacial score (nSPS) is 19.5. The van der Waals surface area contributed by atoms with Crippen LogP contribution < -0.4 is 4.74 Å². The first-order valence-electron chi connectivity index (χ1n) is 8.21. The van der Waals surface area contributed by atoms with E-state index in [1.165, 1.54) is 11.3 Å². The van der Waals surface area contributed by atoms with Gasteiger partial charge in [-0.3, -0.25) is 4.79 Å². The Hall–Kier alpha value is -2.55. The molecular formula is C20H17NO2. The van der Waals surface area contributed by atoms with Gasteiger partial charge in [0, 0.05) is 23.1 Å². The second kappa shape index (κ2) is 4.72. The van der Waals surface area contributed by atoms with Crippen LogP contribution in [0.25, 0.3) is 10.9 Å². The van der Waals surface area contributed by atoms with Gasteiger partial charge in [0.05, 0.1) is 11.6 Å². The summed E-state index contributed by atoms with van der Waals surface area (Å²) in [4.78, 5) is 12.5. The van der Waals surface area contributed by atoms with Gasteiger partial charge >= 0.3 is 0 Å². The van der Waals surface area contributed by atoms with Crippen molar-refractivity contribution in [2.24, 2.45) is 0 Å². The lowest BCUT2D eigenvalue weighted by atomic mass is 9.94. The molecule has 5 rings (SSSR count). The molecular weight excluding hydrogens is 286 g/mol. The van der Waals surface area contributed by atoms with Gasteiger partial charge in [-0.2, -0.15) is 0 Å². The molecule has 2 aliphatic rings. The molecule has 1 atom stereocenters. The first-order chi connectivity index (χ1) is 11.3. The Kier molecular flexibility index (Phi) is 2.66. The molecule has 2 aromatic carbocycles. The summed E-state index contributed by atoms with van der Waals surface area (Å²) in [7, 11) is 0. The molecule has 3 heteroatoms. The van der Waals surface area contributed by atoms with Gasteiger partial charge < -0.3 is 9.30 Å². The average molecular weight is 303 g/mol. The number of fused-ring (bicyclic) bond motifs is 3. The number of hydrogen-bond acceptors (Lipinski definition) is 2. The van der Waals surface area contributed by atoms with Crippen molar-refractivity contribution < 1.29 is 9.53 Å². The van der Waals surface area contributed by atoms with Gasteiger partial charge in [-0.15, -0.1) is 0 Å². The number of Topliss-reactive ketones (excluding diaryl/α,β-unsaturated/α-hetero) is 1. The van der Waals surface area contributed by atoms with Crippen LogP contribution in [0, 0.1) is 0 Å². The second-order valence-electron chi connectivity index (χ2n) is 6.36. The first kappa shape index (κ1) is 12.9. The SMILES string of the molecule is O=C1CCCc2c1c1cccc3c1n2[C@H](c1ccccc1)CO3. The molecule has 0 bridgehead atoms. The minimum absolute atomic E-state index is 0.142. The third-order valence-electron chi connectivity index (χ3n) is 5.08. The van der Waals surface area contributed by atoms with E-state index in [0.717, 1.165) is 35.1 Å². The van der Waals surface area contributed by atoms with Crippen molar-refractivity contribution in [1.29, 1.82) is 0 Å². The van der Waals surface area contributed by atoms with Crippen molar-refractivity contribution >= 4 is 16.7 Å². The van der Waals surface area contributed by atoms with Crippen LogP contribution in [0.2, 0.25) is 0 Å². The molecule has 0 saturated heterocycles. The fourth-order valence-electron chi connectivity index (χ4n) is 4.11. The molecule has 0 spiro atoms. The Morgan fingerprint density at radius 3 is 2.74 bits per heavy atom. The number of carbonyl (C=O) groups is 1. The van der Waals surface area contributed by atoms with E-state index in [1.54, 1.807) is 0 Å². The Morgan fingerprint density at radius 2 is 1.87 bits per heavy atom. The van der Waals surface area contributed by atoms with Crippen LogP contribution in [0.1, 0.15) is 40.5 Å². The van der Waals surface area contributed by atoms with Crippen LogP contribution in [-0.4, -0.2) is 17.0 Å². The summed E-state index contributed by atoms with van der Waals surface area (Å²) < 4.78 is 8.41. The van der Waals surface area contributed by atoms with Crippen molar-refractivity contribution in [2.45, 2.75) is 25.3 Å². The summed E-state index contributed by atoms with van der Waals surface area (Å²) in [6.07, 6.45) is 2.57. The van der Waals surface area contributed by atoms with Gasteiger partial charge in [0.1, 0.15) is 12.4 Å². The lowest BCUT2D eigenvalue weighted by Gasteiger charge is -2.29. The van der Waals surface area contributed by atoms with Crippen LogP contribution in [0.15, 0.2) is 48.5 Å². The Morgan fingerprint density at radius 1 is 1.00 bits per heavy atom. The number of ether oxygens (including phenoxy) is 1. The fourth-order valence-corrected chi connectivity index (χ4v) is 4.11. The maximum atomic E-state index is 12.5. The Bertz CT molecular complexity index is 924. The van der Waals surface area contributed by atoms with Crippen LogP contribution in [0.5, 0.6) is 5.75 Å². The summed E-state index contributed by atoms with van der Waals surface area (Å²) in [5.74, 6) is 1.18. The summed E-state index contributed by atoms with van der Waals surface area (Å²) in [6, 6.07) is 16.7. The van der Waals surface area contributed by atoms with Gasteiger partial charge in [0.2, 0.25) is 0 Å². The van der Waals surface area contributed by atoms with E-state index < -0.39 is 0 Å². The highest BCUT2D eigenvalue weighted by Crippen LogP contribution is 2.42. The summed E-state index contributed by atoms with van der Waals surface area (Å²) in [6.45, 7) is 0.617. The molecule has 0 N–H and O–H groups in total. The standard InChI is InChI=1S/C20H17NO2/c22-17-10-5-9-15-19(17)14-8-4-11-18-20(14)21(15)16(12-23-18)13-6-2-1-3-7-13/h1-4,6-8,11,16H,5,9-10,12H2/t16-/m0/s1. The van der Waals surface area contributed by atoms with Crippen molar-refractivity contribution in [1.82, 2.24) is 4.57 Å². The number of carbonyl (C=O) groups excluding carboxylic acids is 1. The molecule has 0 radical (unpaired) electrons. The number of para-hydroxylation sites is 1. The van der Waals surface area contributed by atoms with Crippen molar-refractivity contribution in [3.63, 3.8) is 0 Å². The van der Waals surface area contributed by atoms with Gasteiger partial charge in [0.25, 0.3) is 0 Å². The van der Waals surface area contributed by atoms with Crippen LogP contribution >= 0.6 is 0 Å². The largest absolute Gasteiger partial charge is 0.489 e. The molecule has 3 aromatic rings. The molecule has 0 unspecified atom stereocenters. The summed E-state index contributed by atoms with van der Waals surface area (Å²) >= 11 is 0. The zero-order valence-electron chi connectivity index (χ0n) is 12.8. The van der Waals surface area contributed by atoms with E-state index >= 15 is 0 Å². The van der Waals surface area contributed by atoms with Gasteiger partial charge in [0.15, 0.2) is 5.78 Å². The minimum Gasteiger partial charge on any atom is -0.489 e. The maximum absolute atomic E-state index is 12.5. The molecule has 0 amide bonds. The second-order valence-corrected chi connectivity index (χ2v) is 6.36. The van der Waals surface area contributed by atoms with Crippen LogP contribution in [0.3, 0.4) is 0 Å². The highest BCUT2D eigenvalue weighted by Gasteiger charge is 2.33. The lowest BCUT2D eigenvalue weighted by molar-refractivity contribution is 0.0972. The van der Waals surface area contributed by atoms with Crippen LogP contribution in [0.4, 0.5) is 0 Å².